The summed E-state index contributed by atoms with van der Waals surface area (Å²) in [7, 11) is 0. The number of carboxylic acids is 3. The van der Waals surface area contributed by atoms with Crippen molar-refractivity contribution in [3.63, 3.8) is 0 Å². The van der Waals surface area contributed by atoms with E-state index in [4.69, 9.17) is 0 Å². The number of rotatable bonds is 31. The van der Waals surface area contributed by atoms with Gasteiger partial charge in [-0.1, -0.05) is 187 Å². The number of hydrogen-bond donors (Lipinski definition) is 3. The van der Waals surface area contributed by atoms with Crippen molar-refractivity contribution >= 4 is 17.9 Å². The molecule has 46 heavy (non-hydrogen) atoms. The number of carboxylic acid groups (broad SMARTS) is 3. The number of aliphatic carboxylic acids is 3. The van der Waals surface area contributed by atoms with Crippen LogP contribution in [0.3, 0.4) is 0 Å². The molecule has 0 aliphatic heterocycles. The van der Waals surface area contributed by atoms with Crippen LogP contribution in [-0.4, -0.2) is 33.2 Å². The Hall–Kier alpha value is -2.11. The van der Waals surface area contributed by atoms with Crippen LogP contribution in [0.25, 0.3) is 0 Å². The number of carbonyl (C=O) groups is 3. The molecule has 0 radical (unpaired) electrons. The lowest BCUT2D eigenvalue weighted by molar-refractivity contribution is -0.167. The zero-order valence-electron chi connectivity index (χ0n) is 30.0. The van der Waals surface area contributed by atoms with Crippen molar-refractivity contribution in [3.05, 3.63) is 23.3 Å². The van der Waals surface area contributed by atoms with Crippen molar-refractivity contribution in [2.75, 3.05) is 0 Å². The van der Waals surface area contributed by atoms with Crippen LogP contribution >= 0.6 is 0 Å². The summed E-state index contributed by atoms with van der Waals surface area (Å²) >= 11 is 0. The van der Waals surface area contributed by atoms with Gasteiger partial charge in [-0.05, 0) is 31.3 Å². The first-order valence-electron chi connectivity index (χ1n) is 19.4. The molecule has 3 N–H and O–H groups in total. The van der Waals surface area contributed by atoms with Gasteiger partial charge in [0.05, 0.1) is 5.57 Å². The molecule has 1 aliphatic carbocycles. The van der Waals surface area contributed by atoms with Gasteiger partial charge < -0.3 is 15.3 Å². The van der Waals surface area contributed by atoms with Crippen LogP contribution in [0.4, 0.5) is 0 Å². The standard InChI is InChI=1S/C40H70O6/c1-4-7-10-13-16-19-20-23-26-29-34-32-39(37(43)44,30-27-24-21-17-14-11-8-5-2)40(38(45)46,33-35(34)36(41)42)31-28-25-22-18-15-12-9-6-3/h32-33H,4-31H2,1-3H3,(H,41,42)(H,43,44)(H,45,46). The highest BCUT2D eigenvalue weighted by atomic mass is 16.4. The molecule has 266 valence electrons. The van der Waals surface area contributed by atoms with E-state index in [1.54, 1.807) is 6.08 Å². The fourth-order valence-electron chi connectivity index (χ4n) is 7.39. The molecule has 0 fully saturated rings. The van der Waals surface area contributed by atoms with Gasteiger partial charge in [-0.25, -0.2) is 4.79 Å². The quantitative estimate of drug-likeness (QED) is 0.0646. The molecule has 0 saturated carbocycles. The highest BCUT2D eigenvalue weighted by molar-refractivity contribution is 5.98. The van der Waals surface area contributed by atoms with Crippen LogP contribution in [0.2, 0.25) is 0 Å². The zero-order valence-corrected chi connectivity index (χ0v) is 30.0. The second-order valence-corrected chi connectivity index (χ2v) is 14.1. The Bertz CT molecular complexity index is 921. The van der Waals surface area contributed by atoms with E-state index < -0.39 is 28.7 Å². The zero-order chi connectivity index (χ0) is 34.1. The van der Waals surface area contributed by atoms with Crippen molar-refractivity contribution in [3.8, 4) is 0 Å². The Morgan fingerprint density at radius 3 is 1.09 bits per heavy atom. The molecular formula is C40H70O6. The number of hydrogen-bond acceptors (Lipinski definition) is 3. The Morgan fingerprint density at radius 1 is 0.457 bits per heavy atom. The maximum atomic E-state index is 13.3. The van der Waals surface area contributed by atoms with E-state index in [1.807, 2.05) is 0 Å². The third kappa shape index (κ3) is 14.3. The Balaban J connectivity index is 3.16. The second-order valence-electron chi connectivity index (χ2n) is 14.1. The van der Waals surface area contributed by atoms with E-state index in [0.717, 1.165) is 70.6 Å². The predicted octanol–water partition coefficient (Wildman–Crippen LogP) is 12.1. The summed E-state index contributed by atoms with van der Waals surface area (Å²) < 4.78 is 0. The van der Waals surface area contributed by atoms with Crippen LogP contribution in [-0.2, 0) is 14.4 Å². The Morgan fingerprint density at radius 2 is 0.761 bits per heavy atom. The van der Waals surface area contributed by atoms with Gasteiger partial charge in [0, 0.05) is 0 Å². The minimum Gasteiger partial charge on any atom is -0.481 e. The largest absolute Gasteiger partial charge is 0.481 e. The SMILES string of the molecule is CCCCCCCCCCCC1=CC(CCCCCCCCCC)(C(=O)O)C(CCCCCCCCCC)(C(=O)O)C=C1C(=O)O. The van der Waals surface area contributed by atoms with Gasteiger partial charge in [0.15, 0.2) is 0 Å². The van der Waals surface area contributed by atoms with Crippen LogP contribution in [0.1, 0.15) is 201 Å². The van der Waals surface area contributed by atoms with Gasteiger partial charge in [-0.2, -0.15) is 0 Å². The maximum Gasteiger partial charge on any atom is 0.335 e. The average Bonchev–Trinajstić information content (AvgIpc) is 3.02. The summed E-state index contributed by atoms with van der Waals surface area (Å²) in [5, 5.41) is 32.0. The van der Waals surface area contributed by atoms with Crippen molar-refractivity contribution in [2.45, 2.75) is 201 Å². The third-order valence-corrected chi connectivity index (χ3v) is 10.3. The van der Waals surface area contributed by atoms with Crippen molar-refractivity contribution in [2.24, 2.45) is 10.8 Å². The van der Waals surface area contributed by atoms with Crippen LogP contribution < -0.4 is 0 Å². The van der Waals surface area contributed by atoms with Crippen molar-refractivity contribution in [1.82, 2.24) is 0 Å². The molecule has 0 aromatic heterocycles. The molecule has 0 heterocycles. The minimum atomic E-state index is -1.78. The lowest BCUT2D eigenvalue weighted by Gasteiger charge is -2.45. The van der Waals surface area contributed by atoms with Crippen LogP contribution in [0.5, 0.6) is 0 Å². The maximum absolute atomic E-state index is 13.3. The fraction of sp³-hybridized carbons (Fsp3) is 0.825. The van der Waals surface area contributed by atoms with Gasteiger partial charge in [-0.15, -0.1) is 0 Å². The molecule has 0 bridgehead atoms. The van der Waals surface area contributed by atoms with E-state index in [-0.39, 0.29) is 18.4 Å². The van der Waals surface area contributed by atoms with E-state index in [9.17, 15) is 29.7 Å². The first kappa shape index (κ1) is 41.9. The molecule has 1 rings (SSSR count). The molecular weight excluding hydrogens is 576 g/mol. The molecule has 1 aliphatic rings. The minimum absolute atomic E-state index is 0.00525. The smallest absolute Gasteiger partial charge is 0.335 e. The molecule has 0 amide bonds. The van der Waals surface area contributed by atoms with Gasteiger partial charge >= 0.3 is 17.9 Å². The predicted molar refractivity (Wildman–Crippen MR) is 190 cm³/mol. The summed E-state index contributed by atoms with van der Waals surface area (Å²) in [4.78, 5) is 39.1. The molecule has 0 saturated heterocycles. The van der Waals surface area contributed by atoms with Crippen LogP contribution in [0.15, 0.2) is 23.3 Å². The van der Waals surface area contributed by atoms with E-state index in [1.165, 1.54) is 83.1 Å². The van der Waals surface area contributed by atoms with E-state index in [2.05, 4.69) is 20.8 Å². The monoisotopic (exact) mass is 647 g/mol. The summed E-state index contributed by atoms with van der Waals surface area (Å²) in [6, 6.07) is 0. The lowest BCUT2D eigenvalue weighted by Crippen LogP contribution is -2.52. The first-order chi connectivity index (χ1) is 22.2. The number of unbranched alkanes of at least 4 members (excludes halogenated alkanes) is 22. The second kappa shape index (κ2) is 25.0. The normalized spacial score (nSPS) is 19.5. The van der Waals surface area contributed by atoms with Crippen LogP contribution in [0, 0.1) is 10.8 Å². The third-order valence-electron chi connectivity index (χ3n) is 10.3. The lowest BCUT2D eigenvalue weighted by atomic mass is 9.54. The summed E-state index contributed by atoms with van der Waals surface area (Å²) in [5.74, 6) is -3.51. The van der Waals surface area contributed by atoms with Crippen molar-refractivity contribution < 1.29 is 29.7 Å². The highest BCUT2D eigenvalue weighted by Gasteiger charge is 2.60. The van der Waals surface area contributed by atoms with Gasteiger partial charge in [0.1, 0.15) is 10.8 Å². The first-order valence-corrected chi connectivity index (χ1v) is 19.4. The average molecular weight is 647 g/mol. The van der Waals surface area contributed by atoms with Gasteiger partial charge in [0.25, 0.3) is 0 Å². The summed E-state index contributed by atoms with van der Waals surface area (Å²) in [6.45, 7) is 6.60. The van der Waals surface area contributed by atoms with Gasteiger partial charge in [0.2, 0.25) is 0 Å². The molecule has 2 atom stereocenters. The summed E-state index contributed by atoms with van der Waals surface area (Å²) in [6.07, 6.45) is 30.6. The molecule has 6 nitrogen and oxygen atoms in total. The molecule has 0 aromatic carbocycles. The molecule has 6 heteroatoms. The Kier molecular flexibility index (Phi) is 22.8. The van der Waals surface area contributed by atoms with Crippen molar-refractivity contribution in [1.29, 1.82) is 0 Å². The Labute approximate surface area is 281 Å². The highest BCUT2D eigenvalue weighted by Crippen LogP contribution is 2.55. The molecule has 0 aromatic rings. The molecule has 2 unspecified atom stereocenters. The topological polar surface area (TPSA) is 112 Å². The van der Waals surface area contributed by atoms with E-state index >= 15 is 0 Å². The summed E-state index contributed by atoms with van der Waals surface area (Å²) in [5.41, 5.74) is -2.94. The molecule has 0 spiro atoms. The van der Waals surface area contributed by atoms with E-state index in [0.29, 0.717) is 24.8 Å². The van der Waals surface area contributed by atoms with Gasteiger partial charge in [-0.3, -0.25) is 9.59 Å². The fourth-order valence-corrected chi connectivity index (χ4v) is 7.39.